The number of aromatic nitrogens is 3. The quantitative estimate of drug-likeness (QED) is 0.906. The van der Waals surface area contributed by atoms with E-state index < -0.39 is 0 Å². The van der Waals surface area contributed by atoms with Crippen LogP contribution in [-0.2, 0) is 6.42 Å². The van der Waals surface area contributed by atoms with Gasteiger partial charge in [0, 0.05) is 18.2 Å². The average molecular weight is 268 g/mol. The van der Waals surface area contributed by atoms with Crippen molar-refractivity contribution in [3.63, 3.8) is 0 Å². The number of hydrogen-bond acceptors (Lipinski definition) is 3. The van der Waals surface area contributed by atoms with Gasteiger partial charge in [-0.1, -0.05) is 37.5 Å². The molecule has 4 rings (SSSR count). The summed E-state index contributed by atoms with van der Waals surface area (Å²) in [6.07, 6.45) is 9.52. The van der Waals surface area contributed by atoms with Crippen molar-refractivity contribution in [2.75, 3.05) is 5.32 Å². The molecule has 104 valence electrons. The minimum Gasteiger partial charge on any atom is -0.375 e. The largest absolute Gasteiger partial charge is 0.375 e. The van der Waals surface area contributed by atoms with Crippen LogP contribution < -0.4 is 5.32 Å². The Morgan fingerprint density at radius 1 is 1.10 bits per heavy atom. The highest BCUT2D eigenvalue weighted by Gasteiger charge is 2.28. The molecule has 1 fully saturated rings. The monoisotopic (exact) mass is 268 g/mol. The van der Waals surface area contributed by atoms with Crippen molar-refractivity contribution < 1.29 is 0 Å². The Kier molecular flexibility index (Phi) is 2.94. The van der Waals surface area contributed by atoms with Crippen LogP contribution in [0.4, 0.5) is 5.69 Å². The Labute approximate surface area is 119 Å². The predicted molar refractivity (Wildman–Crippen MR) is 78.7 cm³/mol. The SMILES string of the molecule is c1ccc2c(c1)C[C@@H](c1nncn1C1CCCCC1)N2. The van der Waals surface area contributed by atoms with E-state index in [0.29, 0.717) is 6.04 Å². The Morgan fingerprint density at radius 3 is 2.80 bits per heavy atom. The van der Waals surface area contributed by atoms with Crippen LogP contribution in [0.1, 0.15) is 55.6 Å². The van der Waals surface area contributed by atoms with Crippen LogP contribution >= 0.6 is 0 Å². The topological polar surface area (TPSA) is 42.7 Å². The normalized spacial score (nSPS) is 22.5. The fraction of sp³-hybridized carbons (Fsp3) is 0.500. The molecule has 4 heteroatoms. The van der Waals surface area contributed by atoms with E-state index in [4.69, 9.17) is 0 Å². The van der Waals surface area contributed by atoms with Crippen LogP contribution in [0.25, 0.3) is 0 Å². The molecule has 1 atom stereocenters. The van der Waals surface area contributed by atoms with Crippen LogP contribution in [-0.4, -0.2) is 14.8 Å². The zero-order valence-corrected chi connectivity index (χ0v) is 11.6. The van der Waals surface area contributed by atoms with Crippen molar-refractivity contribution in [3.8, 4) is 0 Å². The minimum atomic E-state index is 0.275. The summed E-state index contributed by atoms with van der Waals surface area (Å²) in [5.41, 5.74) is 2.63. The van der Waals surface area contributed by atoms with Crippen molar-refractivity contribution >= 4 is 5.69 Å². The van der Waals surface area contributed by atoms with E-state index >= 15 is 0 Å². The lowest BCUT2D eigenvalue weighted by Gasteiger charge is -2.25. The van der Waals surface area contributed by atoms with Crippen LogP contribution in [0.5, 0.6) is 0 Å². The number of fused-ring (bicyclic) bond motifs is 1. The van der Waals surface area contributed by atoms with Gasteiger partial charge in [0.2, 0.25) is 0 Å². The fourth-order valence-electron chi connectivity index (χ4n) is 3.60. The van der Waals surface area contributed by atoms with Crippen LogP contribution in [0, 0.1) is 0 Å². The summed E-state index contributed by atoms with van der Waals surface area (Å²) in [6.45, 7) is 0. The van der Waals surface area contributed by atoms with Gasteiger partial charge in [0.05, 0.1) is 6.04 Å². The molecule has 2 aromatic rings. The lowest BCUT2D eigenvalue weighted by atomic mass is 9.95. The number of rotatable bonds is 2. The van der Waals surface area contributed by atoms with Crippen molar-refractivity contribution in [2.45, 2.75) is 50.6 Å². The molecule has 2 heterocycles. The van der Waals surface area contributed by atoms with Crippen molar-refractivity contribution in [1.82, 2.24) is 14.8 Å². The van der Waals surface area contributed by atoms with Gasteiger partial charge in [0.15, 0.2) is 5.82 Å². The Balaban J connectivity index is 1.60. The van der Waals surface area contributed by atoms with E-state index in [9.17, 15) is 0 Å². The van der Waals surface area contributed by atoms with Gasteiger partial charge >= 0.3 is 0 Å². The first-order chi connectivity index (χ1) is 9.92. The van der Waals surface area contributed by atoms with Gasteiger partial charge < -0.3 is 9.88 Å². The number of benzene rings is 1. The molecule has 0 spiro atoms. The highest BCUT2D eigenvalue weighted by Crippen LogP contribution is 2.36. The number of hydrogen-bond donors (Lipinski definition) is 1. The van der Waals surface area contributed by atoms with Gasteiger partial charge in [-0.25, -0.2) is 0 Å². The summed E-state index contributed by atoms with van der Waals surface area (Å²) >= 11 is 0. The second-order valence-corrected chi connectivity index (χ2v) is 5.95. The summed E-state index contributed by atoms with van der Waals surface area (Å²) in [5.74, 6) is 1.10. The van der Waals surface area contributed by atoms with E-state index in [2.05, 4.69) is 44.3 Å². The lowest BCUT2D eigenvalue weighted by Crippen LogP contribution is -2.19. The maximum atomic E-state index is 4.41. The molecule has 0 amide bonds. The Hall–Kier alpha value is -1.84. The molecule has 2 aliphatic rings. The van der Waals surface area contributed by atoms with E-state index in [-0.39, 0.29) is 6.04 Å². The molecule has 1 aliphatic heterocycles. The molecular weight excluding hydrogens is 248 g/mol. The predicted octanol–water partition coefficient (Wildman–Crippen LogP) is 3.49. The highest BCUT2D eigenvalue weighted by molar-refractivity contribution is 5.57. The first kappa shape index (κ1) is 11.9. The zero-order chi connectivity index (χ0) is 13.4. The van der Waals surface area contributed by atoms with Crippen molar-refractivity contribution in [2.24, 2.45) is 0 Å². The van der Waals surface area contributed by atoms with Gasteiger partial charge in [0.25, 0.3) is 0 Å². The molecule has 0 radical (unpaired) electrons. The smallest absolute Gasteiger partial charge is 0.155 e. The standard InChI is InChI=1S/C16H20N4/c1-2-7-13(8-3-1)20-11-17-19-16(20)15-10-12-6-4-5-9-14(12)18-15/h4-6,9,11,13,15,18H,1-3,7-8,10H2/t15-/m0/s1. The molecule has 0 unspecified atom stereocenters. The molecular formula is C16H20N4. The summed E-state index contributed by atoms with van der Waals surface area (Å²) in [6, 6.07) is 9.41. The maximum absolute atomic E-state index is 4.41. The summed E-state index contributed by atoms with van der Waals surface area (Å²) in [7, 11) is 0. The van der Waals surface area contributed by atoms with Crippen LogP contribution in [0.15, 0.2) is 30.6 Å². The van der Waals surface area contributed by atoms with E-state index in [1.807, 2.05) is 6.33 Å². The van der Waals surface area contributed by atoms with Crippen LogP contribution in [0.2, 0.25) is 0 Å². The Morgan fingerprint density at radius 2 is 1.95 bits per heavy atom. The van der Waals surface area contributed by atoms with Crippen molar-refractivity contribution in [3.05, 3.63) is 42.0 Å². The average Bonchev–Trinajstić information content (AvgIpc) is 3.14. The van der Waals surface area contributed by atoms with E-state index in [0.717, 1.165) is 12.2 Å². The third-order valence-electron chi connectivity index (χ3n) is 4.65. The van der Waals surface area contributed by atoms with Gasteiger partial charge in [-0.3, -0.25) is 0 Å². The lowest BCUT2D eigenvalue weighted by molar-refractivity contribution is 0.342. The first-order valence-corrected chi connectivity index (χ1v) is 7.65. The molecule has 1 aromatic carbocycles. The molecule has 1 aromatic heterocycles. The van der Waals surface area contributed by atoms with Gasteiger partial charge in [-0.05, 0) is 24.5 Å². The third-order valence-corrected chi connectivity index (χ3v) is 4.65. The number of para-hydroxylation sites is 1. The summed E-state index contributed by atoms with van der Waals surface area (Å²) in [5, 5.41) is 12.2. The summed E-state index contributed by atoms with van der Waals surface area (Å²) < 4.78 is 2.32. The number of nitrogens with one attached hydrogen (secondary N) is 1. The van der Waals surface area contributed by atoms with E-state index in [1.54, 1.807) is 0 Å². The van der Waals surface area contributed by atoms with E-state index in [1.165, 1.54) is 43.4 Å². The Bertz CT molecular complexity index is 573. The molecule has 20 heavy (non-hydrogen) atoms. The molecule has 0 bridgehead atoms. The molecule has 1 aliphatic carbocycles. The number of anilines is 1. The van der Waals surface area contributed by atoms with Crippen LogP contribution in [0.3, 0.4) is 0 Å². The van der Waals surface area contributed by atoms with Gasteiger partial charge in [-0.2, -0.15) is 0 Å². The highest BCUT2D eigenvalue weighted by atomic mass is 15.3. The maximum Gasteiger partial charge on any atom is 0.155 e. The zero-order valence-electron chi connectivity index (χ0n) is 11.6. The second-order valence-electron chi connectivity index (χ2n) is 5.95. The van der Waals surface area contributed by atoms with Gasteiger partial charge in [0.1, 0.15) is 6.33 Å². The molecule has 4 nitrogen and oxygen atoms in total. The molecule has 0 saturated heterocycles. The third kappa shape index (κ3) is 1.99. The number of nitrogens with zero attached hydrogens (tertiary/aromatic N) is 3. The second kappa shape index (κ2) is 4.93. The molecule has 1 N–H and O–H groups in total. The van der Waals surface area contributed by atoms with Gasteiger partial charge in [-0.15, -0.1) is 10.2 Å². The van der Waals surface area contributed by atoms with Crippen molar-refractivity contribution in [1.29, 1.82) is 0 Å². The fourth-order valence-corrected chi connectivity index (χ4v) is 3.60. The molecule has 1 saturated carbocycles. The minimum absolute atomic E-state index is 0.275. The first-order valence-electron chi connectivity index (χ1n) is 7.65. The summed E-state index contributed by atoms with van der Waals surface area (Å²) in [4.78, 5) is 0.